The molecule has 0 aromatic carbocycles. The van der Waals surface area contributed by atoms with E-state index in [1.54, 1.807) is 0 Å². The standard InChI is InChI=1S/C12H23NO/c1-10(9-14)13-11-5-4-8-12(11)6-2-3-7-12/h10-11,13-14H,2-9H2,1H3. The Labute approximate surface area is 87.1 Å². The molecule has 2 fully saturated rings. The van der Waals surface area contributed by atoms with E-state index in [-0.39, 0.29) is 12.6 Å². The Morgan fingerprint density at radius 3 is 2.57 bits per heavy atom. The lowest BCUT2D eigenvalue weighted by Gasteiger charge is -2.33. The van der Waals surface area contributed by atoms with E-state index in [1.165, 1.54) is 44.9 Å². The van der Waals surface area contributed by atoms with Gasteiger partial charge in [0.15, 0.2) is 0 Å². The van der Waals surface area contributed by atoms with Gasteiger partial charge in [-0.25, -0.2) is 0 Å². The Morgan fingerprint density at radius 1 is 1.29 bits per heavy atom. The summed E-state index contributed by atoms with van der Waals surface area (Å²) in [5.74, 6) is 0. The summed E-state index contributed by atoms with van der Waals surface area (Å²) in [5, 5.41) is 12.7. The third-order valence-electron chi connectivity index (χ3n) is 4.27. The molecule has 2 rings (SSSR count). The molecule has 82 valence electrons. The molecule has 0 aromatic heterocycles. The quantitative estimate of drug-likeness (QED) is 0.726. The first-order valence-corrected chi connectivity index (χ1v) is 6.14. The molecule has 0 aliphatic heterocycles. The zero-order valence-electron chi connectivity index (χ0n) is 9.26. The number of nitrogens with one attached hydrogen (secondary N) is 1. The van der Waals surface area contributed by atoms with Crippen molar-refractivity contribution in [1.82, 2.24) is 5.32 Å². The topological polar surface area (TPSA) is 32.3 Å². The van der Waals surface area contributed by atoms with Crippen molar-refractivity contribution in [1.29, 1.82) is 0 Å². The summed E-state index contributed by atoms with van der Waals surface area (Å²) in [6.07, 6.45) is 9.81. The normalized spacial score (nSPS) is 32.6. The van der Waals surface area contributed by atoms with E-state index in [1.807, 2.05) is 0 Å². The minimum absolute atomic E-state index is 0.270. The monoisotopic (exact) mass is 197 g/mol. The summed E-state index contributed by atoms with van der Waals surface area (Å²) in [4.78, 5) is 0. The first-order valence-electron chi connectivity index (χ1n) is 6.14. The fourth-order valence-electron chi connectivity index (χ4n) is 3.47. The van der Waals surface area contributed by atoms with Gasteiger partial charge in [0.1, 0.15) is 0 Å². The van der Waals surface area contributed by atoms with Gasteiger partial charge in [0.05, 0.1) is 6.61 Å². The van der Waals surface area contributed by atoms with Gasteiger partial charge in [-0.3, -0.25) is 0 Å². The van der Waals surface area contributed by atoms with Crippen LogP contribution in [-0.2, 0) is 0 Å². The molecule has 2 atom stereocenters. The number of rotatable bonds is 3. The van der Waals surface area contributed by atoms with Crippen molar-refractivity contribution in [2.24, 2.45) is 5.41 Å². The van der Waals surface area contributed by atoms with Crippen LogP contribution < -0.4 is 5.32 Å². The number of hydrogen-bond acceptors (Lipinski definition) is 2. The molecule has 14 heavy (non-hydrogen) atoms. The molecule has 2 aliphatic carbocycles. The Balaban J connectivity index is 1.96. The highest BCUT2D eigenvalue weighted by Crippen LogP contribution is 2.50. The lowest BCUT2D eigenvalue weighted by molar-refractivity contribution is 0.184. The Morgan fingerprint density at radius 2 is 1.93 bits per heavy atom. The third-order valence-corrected chi connectivity index (χ3v) is 4.27. The van der Waals surface area contributed by atoms with Gasteiger partial charge in [0.25, 0.3) is 0 Å². The van der Waals surface area contributed by atoms with Crippen LogP contribution in [0.1, 0.15) is 51.9 Å². The molecule has 0 heterocycles. The molecule has 0 radical (unpaired) electrons. The first kappa shape index (κ1) is 10.4. The molecule has 2 nitrogen and oxygen atoms in total. The summed E-state index contributed by atoms with van der Waals surface area (Å²) >= 11 is 0. The summed E-state index contributed by atoms with van der Waals surface area (Å²) in [5.41, 5.74) is 0.615. The van der Waals surface area contributed by atoms with Crippen LogP contribution in [0.4, 0.5) is 0 Å². The Bertz CT molecular complexity index is 181. The molecule has 0 aromatic rings. The fourth-order valence-corrected chi connectivity index (χ4v) is 3.47. The highest BCUT2D eigenvalue weighted by Gasteiger charge is 2.44. The van der Waals surface area contributed by atoms with Gasteiger partial charge in [-0.2, -0.15) is 0 Å². The van der Waals surface area contributed by atoms with Crippen LogP contribution in [0.15, 0.2) is 0 Å². The molecule has 0 amide bonds. The smallest absolute Gasteiger partial charge is 0.0582 e. The second kappa shape index (κ2) is 4.19. The molecule has 0 saturated heterocycles. The van der Waals surface area contributed by atoms with Crippen molar-refractivity contribution < 1.29 is 5.11 Å². The van der Waals surface area contributed by atoms with Crippen LogP contribution in [0.25, 0.3) is 0 Å². The maximum atomic E-state index is 9.06. The van der Waals surface area contributed by atoms with Crippen LogP contribution in [0.3, 0.4) is 0 Å². The average Bonchev–Trinajstić information content (AvgIpc) is 2.79. The Kier molecular flexibility index (Phi) is 3.13. The van der Waals surface area contributed by atoms with E-state index >= 15 is 0 Å². The van der Waals surface area contributed by atoms with Gasteiger partial charge in [-0.05, 0) is 38.0 Å². The molecule has 1 spiro atoms. The van der Waals surface area contributed by atoms with Gasteiger partial charge >= 0.3 is 0 Å². The summed E-state index contributed by atoms with van der Waals surface area (Å²) in [6.45, 7) is 2.35. The molecule has 2 saturated carbocycles. The SMILES string of the molecule is CC(CO)NC1CCCC12CCCC2. The first-order chi connectivity index (χ1) is 6.77. The Hall–Kier alpha value is -0.0800. The number of hydrogen-bond donors (Lipinski definition) is 2. The van der Waals surface area contributed by atoms with Gasteiger partial charge in [0, 0.05) is 12.1 Å². The van der Waals surface area contributed by atoms with E-state index in [0.29, 0.717) is 11.5 Å². The highest BCUT2D eigenvalue weighted by molar-refractivity contribution is 4.99. The van der Waals surface area contributed by atoms with E-state index in [4.69, 9.17) is 5.11 Å². The fraction of sp³-hybridized carbons (Fsp3) is 1.00. The van der Waals surface area contributed by atoms with Crippen molar-refractivity contribution in [2.75, 3.05) is 6.61 Å². The molecule has 2 N–H and O–H groups in total. The van der Waals surface area contributed by atoms with Crippen LogP contribution in [0.5, 0.6) is 0 Å². The van der Waals surface area contributed by atoms with Crippen LogP contribution in [0, 0.1) is 5.41 Å². The molecule has 2 heteroatoms. The van der Waals surface area contributed by atoms with Crippen molar-refractivity contribution in [3.05, 3.63) is 0 Å². The van der Waals surface area contributed by atoms with E-state index in [0.717, 1.165) is 0 Å². The highest BCUT2D eigenvalue weighted by atomic mass is 16.3. The molecular weight excluding hydrogens is 174 g/mol. The summed E-state index contributed by atoms with van der Waals surface area (Å²) in [6, 6.07) is 0.961. The van der Waals surface area contributed by atoms with Gasteiger partial charge in [-0.15, -0.1) is 0 Å². The van der Waals surface area contributed by atoms with Gasteiger partial charge in [0.2, 0.25) is 0 Å². The maximum absolute atomic E-state index is 9.06. The molecule has 2 unspecified atom stereocenters. The average molecular weight is 197 g/mol. The maximum Gasteiger partial charge on any atom is 0.0582 e. The molecule has 0 bridgehead atoms. The van der Waals surface area contributed by atoms with Crippen molar-refractivity contribution in [3.63, 3.8) is 0 Å². The van der Waals surface area contributed by atoms with Crippen molar-refractivity contribution >= 4 is 0 Å². The minimum Gasteiger partial charge on any atom is -0.395 e. The van der Waals surface area contributed by atoms with E-state index < -0.39 is 0 Å². The predicted molar refractivity (Wildman–Crippen MR) is 58.2 cm³/mol. The zero-order chi connectivity index (χ0) is 10.0. The number of aliphatic hydroxyl groups excluding tert-OH is 1. The predicted octanol–water partition coefficient (Wildman–Crippen LogP) is 2.07. The van der Waals surface area contributed by atoms with Crippen LogP contribution >= 0.6 is 0 Å². The van der Waals surface area contributed by atoms with Crippen molar-refractivity contribution in [2.45, 2.75) is 64.0 Å². The van der Waals surface area contributed by atoms with Gasteiger partial charge < -0.3 is 10.4 Å². The van der Waals surface area contributed by atoms with Crippen LogP contribution in [-0.4, -0.2) is 23.8 Å². The second-order valence-electron chi connectivity index (χ2n) is 5.26. The molecule has 2 aliphatic rings. The largest absolute Gasteiger partial charge is 0.395 e. The van der Waals surface area contributed by atoms with E-state index in [2.05, 4.69) is 12.2 Å². The minimum atomic E-state index is 0.270. The summed E-state index contributed by atoms with van der Waals surface area (Å²) in [7, 11) is 0. The lowest BCUT2D eigenvalue weighted by Crippen LogP contribution is -2.45. The van der Waals surface area contributed by atoms with Gasteiger partial charge in [-0.1, -0.05) is 19.3 Å². The second-order valence-corrected chi connectivity index (χ2v) is 5.26. The summed E-state index contributed by atoms with van der Waals surface area (Å²) < 4.78 is 0. The lowest BCUT2D eigenvalue weighted by atomic mass is 9.80. The molecular formula is C12H23NO. The third kappa shape index (κ3) is 1.82. The van der Waals surface area contributed by atoms with Crippen LogP contribution in [0.2, 0.25) is 0 Å². The van der Waals surface area contributed by atoms with E-state index in [9.17, 15) is 0 Å². The zero-order valence-corrected chi connectivity index (χ0v) is 9.26. The van der Waals surface area contributed by atoms with Crippen molar-refractivity contribution in [3.8, 4) is 0 Å². The number of aliphatic hydroxyl groups is 1.